The molecule has 1 aliphatic carbocycles. The first kappa shape index (κ1) is 25.4. The molecule has 0 unspecified atom stereocenters. The topological polar surface area (TPSA) is 57.7 Å². The number of fused-ring (bicyclic) bond motifs is 2. The van der Waals surface area contributed by atoms with E-state index in [0.717, 1.165) is 53.1 Å². The number of anilines is 1. The summed E-state index contributed by atoms with van der Waals surface area (Å²) >= 11 is 8.02. The number of cyclic esters (lactones) is 1. The number of nitrogens with one attached hydrogen (secondary N) is 1. The molecule has 1 aromatic carbocycles. The van der Waals surface area contributed by atoms with E-state index >= 15 is 0 Å². The maximum Gasteiger partial charge on any atom is 0.412 e. The van der Waals surface area contributed by atoms with Crippen LogP contribution in [0.2, 0.25) is 5.02 Å². The zero-order chi connectivity index (χ0) is 26.9. The van der Waals surface area contributed by atoms with Crippen LogP contribution in [0.25, 0.3) is 21.3 Å². The molecule has 39 heavy (non-hydrogen) atoms. The number of nitrogens with zero attached hydrogens (tertiary/aromatic N) is 3. The van der Waals surface area contributed by atoms with E-state index in [1.807, 2.05) is 12.1 Å². The molecule has 1 amide bonds. The normalized spacial score (nSPS) is 24.4. The Morgan fingerprint density at radius 3 is 2.79 bits per heavy atom. The molecule has 2 aromatic heterocycles. The van der Waals surface area contributed by atoms with Crippen LogP contribution in [0.1, 0.15) is 42.5 Å². The van der Waals surface area contributed by atoms with Crippen LogP contribution in [0.4, 0.5) is 23.7 Å². The van der Waals surface area contributed by atoms with Crippen molar-refractivity contribution < 1.29 is 22.7 Å². The first-order chi connectivity index (χ1) is 18.7. The zero-order valence-corrected chi connectivity index (χ0v) is 22.8. The standard InChI is InChI=1S/C28H28ClF3N4O2S/c29-17-9-16-3-1-8-35(18-12-27(34-13-18)5-2-6-27)24(16)21(10-17)20-4-7-33-22-11-19(39-25(20)22)14-36-23(28(30,31)32)15-38-26(36)37/h4,7,9-11,18,23,34H,1-3,5-6,8,12-15H2/t18-,23+/m0/s1. The Balaban J connectivity index is 1.28. The van der Waals surface area contributed by atoms with Gasteiger partial charge in [-0.05, 0) is 68.4 Å². The van der Waals surface area contributed by atoms with Crippen LogP contribution in [-0.2, 0) is 17.7 Å². The monoisotopic (exact) mass is 576 g/mol. The number of thiophene rings is 1. The molecule has 5 heterocycles. The second-order valence-corrected chi connectivity index (χ2v) is 12.8. The summed E-state index contributed by atoms with van der Waals surface area (Å²) in [5.74, 6) is 0. The Bertz CT molecular complexity index is 1460. The molecule has 1 spiro atoms. The maximum absolute atomic E-state index is 13.5. The fourth-order valence-corrected chi connectivity index (χ4v) is 8.17. The molecule has 2 atom stereocenters. The van der Waals surface area contributed by atoms with Crippen molar-refractivity contribution in [1.29, 1.82) is 0 Å². The molecular formula is C28H28ClF3N4O2S. The molecule has 2 saturated heterocycles. The van der Waals surface area contributed by atoms with E-state index in [4.69, 9.17) is 16.3 Å². The van der Waals surface area contributed by atoms with Crippen LogP contribution in [0, 0.1) is 0 Å². The summed E-state index contributed by atoms with van der Waals surface area (Å²) in [5, 5.41) is 4.47. The van der Waals surface area contributed by atoms with Crippen molar-refractivity contribution in [2.24, 2.45) is 0 Å². The van der Waals surface area contributed by atoms with E-state index in [9.17, 15) is 18.0 Å². The van der Waals surface area contributed by atoms with Crippen molar-refractivity contribution in [2.75, 3.05) is 24.6 Å². The van der Waals surface area contributed by atoms with Gasteiger partial charge in [-0.25, -0.2) is 4.79 Å². The smallest absolute Gasteiger partial charge is 0.412 e. The van der Waals surface area contributed by atoms with Gasteiger partial charge in [-0.3, -0.25) is 9.88 Å². The second kappa shape index (κ2) is 9.24. The molecular weight excluding hydrogens is 549 g/mol. The number of hydrogen-bond donors (Lipinski definition) is 1. The summed E-state index contributed by atoms with van der Waals surface area (Å²) in [6, 6.07) is 6.27. The average molecular weight is 577 g/mol. The Morgan fingerprint density at radius 2 is 2.05 bits per heavy atom. The summed E-state index contributed by atoms with van der Waals surface area (Å²) in [6.45, 7) is 1.07. The summed E-state index contributed by atoms with van der Waals surface area (Å²) < 4.78 is 46.1. The van der Waals surface area contributed by atoms with Gasteiger partial charge in [0.2, 0.25) is 0 Å². The highest BCUT2D eigenvalue weighted by molar-refractivity contribution is 7.19. The number of aromatic nitrogens is 1. The first-order valence-electron chi connectivity index (χ1n) is 13.4. The molecule has 3 aromatic rings. The van der Waals surface area contributed by atoms with Gasteiger partial charge in [-0.15, -0.1) is 11.3 Å². The third-order valence-corrected chi connectivity index (χ3v) is 10.2. The first-order valence-corrected chi connectivity index (χ1v) is 14.6. The number of hydrogen-bond acceptors (Lipinski definition) is 6. The van der Waals surface area contributed by atoms with Gasteiger partial charge >= 0.3 is 12.3 Å². The molecule has 1 saturated carbocycles. The summed E-state index contributed by atoms with van der Waals surface area (Å²) in [6.07, 6.45) is 3.14. The van der Waals surface area contributed by atoms with Crippen LogP contribution in [0.3, 0.4) is 0 Å². The van der Waals surface area contributed by atoms with E-state index in [-0.39, 0.29) is 12.1 Å². The predicted octanol–water partition coefficient (Wildman–Crippen LogP) is 6.54. The SMILES string of the molecule is O=C1OC[C@H](C(F)(F)F)N1Cc1cc2nccc(-c3cc(Cl)cc4c3N([C@@H]3CNC5(CCC5)C3)CCC4)c2s1. The van der Waals surface area contributed by atoms with Crippen molar-refractivity contribution in [3.05, 3.63) is 45.9 Å². The van der Waals surface area contributed by atoms with Crippen molar-refractivity contribution in [3.63, 3.8) is 0 Å². The number of benzene rings is 1. The Labute approximate surface area is 233 Å². The molecule has 0 bridgehead atoms. The third-order valence-electron chi connectivity index (χ3n) is 8.81. The van der Waals surface area contributed by atoms with E-state index < -0.39 is 24.9 Å². The largest absolute Gasteiger partial charge is 0.447 e. The Morgan fingerprint density at radius 1 is 1.21 bits per heavy atom. The van der Waals surface area contributed by atoms with Gasteiger partial charge in [0.15, 0.2) is 6.04 Å². The van der Waals surface area contributed by atoms with Crippen molar-refractivity contribution >= 4 is 44.9 Å². The highest BCUT2D eigenvalue weighted by atomic mass is 35.5. The van der Waals surface area contributed by atoms with Crippen LogP contribution in [0.15, 0.2) is 30.5 Å². The van der Waals surface area contributed by atoms with Crippen LogP contribution < -0.4 is 10.2 Å². The van der Waals surface area contributed by atoms with Crippen molar-refractivity contribution in [2.45, 2.75) is 68.9 Å². The number of pyridine rings is 1. The number of ether oxygens (including phenoxy) is 1. The number of rotatable bonds is 4. The summed E-state index contributed by atoms with van der Waals surface area (Å²) in [5.41, 5.74) is 5.40. The average Bonchev–Trinajstić information content (AvgIpc) is 3.59. The molecule has 1 N–H and O–H groups in total. The van der Waals surface area contributed by atoms with Gasteiger partial charge in [-0.2, -0.15) is 13.2 Å². The van der Waals surface area contributed by atoms with E-state index in [1.54, 1.807) is 12.3 Å². The van der Waals surface area contributed by atoms with Gasteiger partial charge in [0.1, 0.15) is 6.61 Å². The Hall–Kier alpha value is -2.56. The number of alkyl halides is 3. The summed E-state index contributed by atoms with van der Waals surface area (Å²) in [7, 11) is 0. The molecule has 0 radical (unpaired) electrons. The molecule has 206 valence electrons. The lowest BCUT2D eigenvalue weighted by molar-refractivity contribution is -0.171. The van der Waals surface area contributed by atoms with Gasteiger partial charge in [0, 0.05) is 57.6 Å². The van der Waals surface area contributed by atoms with E-state index in [2.05, 4.69) is 21.3 Å². The minimum Gasteiger partial charge on any atom is -0.447 e. The molecule has 6 nitrogen and oxygen atoms in total. The van der Waals surface area contributed by atoms with Crippen molar-refractivity contribution in [3.8, 4) is 11.1 Å². The second-order valence-electron chi connectivity index (χ2n) is 11.2. The van der Waals surface area contributed by atoms with Crippen molar-refractivity contribution in [1.82, 2.24) is 15.2 Å². The van der Waals surface area contributed by atoms with E-state index in [1.165, 1.54) is 41.9 Å². The lowest BCUT2D eigenvalue weighted by Gasteiger charge is -2.41. The number of aryl methyl sites for hydroxylation is 1. The van der Waals surface area contributed by atoms with Crippen LogP contribution >= 0.6 is 22.9 Å². The number of halogens is 4. The fourth-order valence-electron chi connectivity index (χ4n) is 6.78. The lowest BCUT2D eigenvalue weighted by Crippen LogP contribution is -2.46. The third kappa shape index (κ3) is 4.35. The van der Waals surface area contributed by atoms with Gasteiger partial charge in [-0.1, -0.05) is 11.6 Å². The molecule has 3 fully saturated rings. The summed E-state index contributed by atoms with van der Waals surface area (Å²) in [4.78, 5) is 20.6. The number of carbonyl (C=O) groups is 1. The molecule has 11 heteroatoms. The van der Waals surface area contributed by atoms with Gasteiger partial charge < -0.3 is 15.0 Å². The fraction of sp³-hybridized carbons (Fsp3) is 0.500. The highest BCUT2D eigenvalue weighted by Gasteiger charge is 2.51. The molecule has 4 aliphatic rings. The lowest BCUT2D eigenvalue weighted by atomic mass is 9.75. The number of amides is 1. The number of carbonyl (C=O) groups excluding carboxylic acids is 1. The molecule has 3 aliphatic heterocycles. The zero-order valence-electron chi connectivity index (χ0n) is 21.2. The van der Waals surface area contributed by atoms with Crippen LogP contribution in [-0.4, -0.2) is 59.5 Å². The quantitative estimate of drug-likeness (QED) is 0.382. The molecule has 7 rings (SSSR count). The van der Waals surface area contributed by atoms with Gasteiger partial charge in [0.25, 0.3) is 0 Å². The van der Waals surface area contributed by atoms with E-state index in [0.29, 0.717) is 21.5 Å². The minimum absolute atomic E-state index is 0.181. The highest BCUT2D eigenvalue weighted by Crippen LogP contribution is 2.47. The predicted molar refractivity (Wildman–Crippen MR) is 145 cm³/mol. The van der Waals surface area contributed by atoms with Crippen LogP contribution in [0.5, 0.6) is 0 Å². The minimum atomic E-state index is -4.55. The van der Waals surface area contributed by atoms with Gasteiger partial charge in [0.05, 0.1) is 16.8 Å². The maximum atomic E-state index is 13.5. The Kier molecular flexibility index (Phi) is 6.02.